The predicted octanol–water partition coefficient (Wildman–Crippen LogP) is 4.69. The lowest BCUT2D eigenvalue weighted by atomic mass is 10.2. The number of hydrazone groups is 1. The van der Waals surface area contributed by atoms with Gasteiger partial charge in [-0.2, -0.15) is 5.10 Å². The summed E-state index contributed by atoms with van der Waals surface area (Å²) < 4.78 is 9.32. The molecule has 2 aromatic rings. The lowest BCUT2D eigenvalue weighted by molar-refractivity contribution is -0.135. The molecule has 0 aliphatic carbocycles. The van der Waals surface area contributed by atoms with Crippen molar-refractivity contribution in [3.05, 3.63) is 70.8 Å². The molecule has 4 rings (SSSR count). The molecule has 0 saturated carbocycles. The van der Waals surface area contributed by atoms with Crippen molar-refractivity contribution in [3.8, 4) is 0 Å². The number of para-hydroxylation sites is 1. The molecule has 2 aliphatic rings. The number of benzene rings is 2. The maximum Gasteiger partial charge on any atom is 0.365 e. The molecular weight excluding hydrogens is 446 g/mol. The third-order valence-corrected chi connectivity index (χ3v) is 7.83. The molecule has 0 fully saturated rings. The Morgan fingerprint density at radius 3 is 2.28 bits per heavy atom. The zero-order chi connectivity index (χ0) is 22.9. The number of thioether (sulfide) groups is 2. The molecule has 0 saturated heterocycles. The molecule has 0 amide bonds. The van der Waals surface area contributed by atoms with Gasteiger partial charge in [0.15, 0.2) is 0 Å². The van der Waals surface area contributed by atoms with E-state index in [0.29, 0.717) is 4.91 Å². The molecule has 32 heavy (non-hydrogen) atoms. The zero-order valence-corrected chi connectivity index (χ0v) is 19.8. The maximum atomic E-state index is 12.7. The maximum absolute atomic E-state index is 12.7. The first kappa shape index (κ1) is 22.3. The number of carbonyl (C=O) groups excluding carboxylic acids is 2. The van der Waals surface area contributed by atoms with Crippen molar-refractivity contribution in [2.75, 3.05) is 23.6 Å². The van der Waals surface area contributed by atoms with Crippen LogP contribution in [0.2, 0.25) is 0 Å². The Labute approximate surface area is 195 Å². The van der Waals surface area contributed by atoms with Crippen molar-refractivity contribution < 1.29 is 19.1 Å². The standard InChI is InChI=1S/C23H23N3O4S2/c1-5-30-22(28)20-24-26(18-13-11-15(2)12-14-18)23(32-20)25(17-9-7-6-8-10-17)16(3)19(31-23)21(27)29-4/h6-14H,5H2,1-4H3. The van der Waals surface area contributed by atoms with E-state index < -0.39 is 16.3 Å². The number of ether oxygens (including phenoxy) is 2. The summed E-state index contributed by atoms with van der Waals surface area (Å²) in [6.45, 7) is 5.88. The summed E-state index contributed by atoms with van der Waals surface area (Å²) in [4.78, 5) is 27.8. The first-order chi connectivity index (χ1) is 15.4. The van der Waals surface area contributed by atoms with Crippen LogP contribution in [-0.4, -0.2) is 35.0 Å². The minimum Gasteiger partial charge on any atom is -0.465 e. The third-order valence-electron chi connectivity index (χ3n) is 4.98. The molecule has 0 aromatic heterocycles. The minimum atomic E-state index is -0.980. The molecule has 2 heterocycles. The summed E-state index contributed by atoms with van der Waals surface area (Å²) in [6, 6.07) is 17.6. The van der Waals surface area contributed by atoms with Gasteiger partial charge in [-0.05, 0) is 56.8 Å². The Kier molecular flexibility index (Phi) is 6.21. The van der Waals surface area contributed by atoms with Gasteiger partial charge in [-0.1, -0.05) is 47.7 Å². The summed E-state index contributed by atoms with van der Waals surface area (Å²) in [7, 11) is 1.36. The van der Waals surface area contributed by atoms with Gasteiger partial charge in [0, 0.05) is 11.4 Å². The van der Waals surface area contributed by atoms with Crippen LogP contribution in [0.25, 0.3) is 0 Å². The van der Waals surface area contributed by atoms with Gasteiger partial charge in [0.2, 0.25) is 9.37 Å². The smallest absolute Gasteiger partial charge is 0.365 e. The highest BCUT2D eigenvalue weighted by Gasteiger charge is 2.58. The van der Waals surface area contributed by atoms with Crippen LogP contribution >= 0.6 is 23.5 Å². The van der Waals surface area contributed by atoms with Crippen LogP contribution < -0.4 is 9.91 Å². The van der Waals surface area contributed by atoms with Crippen molar-refractivity contribution in [2.24, 2.45) is 5.10 Å². The molecule has 1 spiro atoms. The van der Waals surface area contributed by atoms with E-state index in [1.54, 1.807) is 11.9 Å². The highest BCUT2D eigenvalue weighted by Crippen LogP contribution is 2.60. The largest absolute Gasteiger partial charge is 0.465 e. The molecule has 7 nitrogen and oxygen atoms in total. The molecule has 0 radical (unpaired) electrons. The van der Waals surface area contributed by atoms with Gasteiger partial charge in [-0.3, -0.25) is 0 Å². The minimum absolute atomic E-state index is 0.222. The number of nitrogens with zero attached hydrogens (tertiary/aromatic N) is 3. The van der Waals surface area contributed by atoms with E-state index in [4.69, 9.17) is 9.47 Å². The highest BCUT2D eigenvalue weighted by atomic mass is 32.2. The van der Waals surface area contributed by atoms with E-state index >= 15 is 0 Å². The predicted molar refractivity (Wildman–Crippen MR) is 129 cm³/mol. The zero-order valence-electron chi connectivity index (χ0n) is 18.2. The van der Waals surface area contributed by atoms with E-state index in [-0.39, 0.29) is 11.7 Å². The highest BCUT2D eigenvalue weighted by molar-refractivity contribution is 8.29. The molecule has 0 bridgehead atoms. The van der Waals surface area contributed by atoms with E-state index in [1.807, 2.05) is 73.3 Å². The number of hydrogen-bond donors (Lipinski definition) is 0. The molecule has 2 aromatic carbocycles. The van der Waals surface area contributed by atoms with Crippen molar-refractivity contribution in [1.29, 1.82) is 0 Å². The van der Waals surface area contributed by atoms with Crippen LogP contribution in [0.5, 0.6) is 0 Å². The fourth-order valence-electron chi connectivity index (χ4n) is 3.51. The Morgan fingerprint density at radius 2 is 1.66 bits per heavy atom. The average Bonchev–Trinajstić information content (AvgIpc) is 3.32. The Balaban J connectivity index is 1.89. The molecule has 2 aliphatic heterocycles. The van der Waals surface area contributed by atoms with Gasteiger partial charge in [0.05, 0.1) is 19.4 Å². The number of hydrogen-bond acceptors (Lipinski definition) is 9. The average molecular weight is 470 g/mol. The van der Waals surface area contributed by atoms with E-state index in [9.17, 15) is 9.59 Å². The Morgan fingerprint density at radius 1 is 0.969 bits per heavy atom. The molecule has 9 heteroatoms. The number of anilines is 2. The van der Waals surface area contributed by atoms with Crippen molar-refractivity contribution >= 4 is 51.9 Å². The fraction of sp³-hybridized carbons (Fsp3) is 0.261. The lowest BCUT2D eigenvalue weighted by Crippen LogP contribution is -2.49. The molecule has 1 atom stereocenters. The summed E-state index contributed by atoms with van der Waals surface area (Å²) in [5.74, 6) is -0.927. The van der Waals surface area contributed by atoms with Crippen LogP contribution in [0.1, 0.15) is 19.4 Å². The quantitative estimate of drug-likeness (QED) is 0.584. The van der Waals surface area contributed by atoms with Crippen LogP contribution in [-0.2, 0) is 19.1 Å². The monoisotopic (exact) mass is 469 g/mol. The van der Waals surface area contributed by atoms with Gasteiger partial charge in [0.25, 0.3) is 0 Å². The molecule has 1 unspecified atom stereocenters. The van der Waals surface area contributed by atoms with Gasteiger partial charge in [-0.15, -0.1) is 0 Å². The van der Waals surface area contributed by atoms with Crippen LogP contribution in [0.3, 0.4) is 0 Å². The van der Waals surface area contributed by atoms with Gasteiger partial charge >= 0.3 is 11.9 Å². The van der Waals surface area contributed by atoms with Crippen molar-refractivity contribution in [3.63, 3.8) is 0 Å². The van der Waals surface area contributed by atoms with Gasteiger partial charge in [0.1, 0.15) is 4.91 Å². The first-order valence-corrected chi connectivity index (χ1v) is 11.7. The Bertz CT molecular complexity index is 1100. The molecule has 0 N–H and O–H groups in total. The van der Waals surface area contributed by atoms with Gasteiger partial charge < -0.3 is 14.4 Å². The summed E-state index contributed by atoms with van der Waals surface area (Å²) in [5, 5.41) is 6.67. The van der Waals surface area contributed by atoms with Crippen LogP contribution in [0.4, 0.5) is 11.4 Å². The molecule has 166 valence electrons. The van der Waals surface area contributed by atoms with Crippen molar-refractivity contribution in [1.82, 2.24) is 0 Å². The SMILES string of the molecule is CCOC(=O)C1=NN(c2ccc(C)cc2)C2(S1)SC(C(=O)OC)=C(C)N2c1ccccc1. The number of carbonyl (C=O) groups is 2. The second-order valence-electron chi connectivity index (χ2n) is 7.10. The first-order valence-electron chi connectivity index (χ1n) is 10.1. The van der Waals surface area contributed by atoms with E-state index in [1.165, 1.54) is 30.6 Å². The third kappa shape index (κ3) is 3.75. The van der Waals surface area contributed by atoms with Crippen molar-refractivity contribution in [2.45, 2.75) is 25.1 Å². The lowest BCUT2D eigenvalue weighted by Gasteiger charge is -2.41. The number of esters is 2. The number of methoxy groups -OCH3 is 1. The topological polar surface area (TPSA) is 71.4 Å². The Hall–Kier alpha value is -2.91. The van der Waals surface area contributed by atoms with E-state index in [2.05, 4.69) is 5.10 Å². The van der Waals surface area contributed by atoms with Crippen LogP contribution in [0.15, 0.2) is 70.3 Å². The fourth-order valence-corrected chi connectivity index (χ4v) is 6.49. The van der Waals surface area contributed by atoms with E-state index in [0.717, 1.165) is 22.6 Å². The summed E-state index contributed by atoms with van der Waals surface area (Å²) in [6.07, 6.45) is 0. The second kappa shape index (κ2) is 8.91. The molecular formula is C23H23N3O4S2. The second-order valence-corrected chi connectivity index (χ2v) is 9.70. The summed E-state index contributed by atoms with van der Waals surface area (Å²) in [5.41, 5.74) is 3.47. The van der Waals surface area contributed by atoms with Gasteiger partial charge in [-0.25, -0.2) is 14.6 Å². The normalized spacial score (nSPS) is 20.1. The van der Waals surface area contributed by atoms with Crippen LogP contribution in [0, 0.1) is 6.92 Å². The number of allylic oxidation sites excluding steroid dienone is 1. The number of aryl methyl sites for hydroxylation is 1. The summed E-state index contributed by atoms with van der Waals surface area (Å²) >= 11 is 2.56. The number of rotatable bonds is 5.